The van der Waals surface area contributed by atoms with Gasteiger partial charge in [0, 0.05) is 40.7 Å². The van der Waals surface area contributed by atoms with Crippen molar-refractivity contribution >= 4 is 21.8 Å². The summed E-state index contributed by atoms with van der Waals surface area (Å²) in [5, 5.41) is 10.6. The van der Waals surface area contributed by atoms with Gasteiger partial charge in [-0.1, -0.05) is 12.1 Å². The van der Waals surface area contributed by atoms with E-state index in [0.717, 1.165) is 28.0 Å². The molecule has 0 saturated heterocycles. The highest BCUT2D eigenvalue weighted by Gasteiger charge is 2.07. The zero-order valence-corrected chi connectivity index (χ0v) is 12.8. The van der Waals surface area contributed by atoms with Gasteiger partial charge in [0.15, 0.2) is 0 Å². The molecule has 0 spiro atoms. The van der Waals surface area contributed by atoms with E-state index in [9.17, 15) is 0 Å². The summed E-state index contributed by atoms with van der Waals surface area (Å²) in [6, 6.07) is 20.9. The van der Waals surface area contributed by atoms with Crippen molar-refractivity contribution < 1.29 is 0 Å². The molecule has 0 radical (unpaired) electrons. The molecule has 0 saturated carbocycles. The van der Waals surface area contributed by atoms with Crippen LogP contribution in [0, 0.1) is 0 Å². The molecule has 24 heavy (non-hydrogen) atoms. The van der Waals surface area contributed by atoms with E-state index in [-0.39, 0.29) is 0 Å². The molecule has 114 valence electrons. The molecule has 0 aliphatic rings. The molecule has 2 aromatic carbocycles. The molecule has 0 atom stereocenters. The standard InChI is InChI=1S/C20H14N4/c1-2-19(23-22-9-1)15-4-3-14-8-11-24(20(14)13-15)17-5-6-18-16(12-17)7-10-21-18/h1-13,21H. The Bertz CT molecular complexity index is 1150. The van der Waals surface area contributed by atoms with Crippen LogP contribution in [-0.4, -0.2) is 19.7 Å². The van der Waals surface area contributed by atoms with E-state index in [2.05, 4.69) is 74.5 Å². The van der Waals surface area contributed by atoms with Gasteiger partial charge in [0.2, 0.25) is 0 Å². The van der Waals surface area contributed by atoms with Crippen LogP contribution in [-0.2, 0) is 0 Å². The average molecular weight is 310 g/mol. The highest BCUT2D eigenvalue weighted by Crippen LogP contribution is 2.27. The second kappa shape index (κ2) is 5.06. The fourth-order valence-electron chi connectivity index (χ4n) is 3.16. The Kier molecular flexibility index (Phi) is 2.76. The maximum Gasteiger partial charge on any atom is 0.0930 e. The lowest BCUT2D eigenvalue weighted by atomic mass is 10.1. The van der Waals surface area contributed by atoms with Crippen LogP contribution in [0.25, 0.3) is 38.8 Å². The number of nitrogens with one attached hydrogen (secondary N) is 1. The molecule has 0 amide bonds. The lowest BCUT2D eigenvalue weighted by molar-refractivity contribution is 1.04. The van der Waals surface area contributed by atoms with Gasteiger partial charge in [-0.3, -0.25) is 0 Å². The Hall–Kier alpha value is -3.40. The largest absolute Gasteiger partial charge is 0.361 e. The highest BCUT2D eigenvalue weighted by atomic mass is 15.1. The number of nitrogens with zero attached hydrogens (tertiary/aromatic N) is 3. The van der Waals surface area contributed by atoms with Gasteiger partial charge >= 0.3 is 0 Å². The molecule has 3 heterocycles. The summed E-state index contributed by atoms with van der Waals surface area (Å²) in [5.74, 6) is 0. The summed E-state index contributed by atoms with van der Waals surface area (Å²) < 4.78 is 2.21. The second-order valence-corrected chi connectivity index (χ2v) is 5.82. The first-order chi connectivity index (χ1) is 11.9. The molecule has 0 unspecified atom stereocenters. The Labute approximate surface area is 138 Å². The number of fused-ring (bicyclic) bond motifs is 2. The first-order valence-electron chi connectivity index (χ1n) is 7.85. The molecular weight excluding hydrogens is 296 g/mol. The predicted molar refractivity (Wildman–Crippen MR) is 96.2 cm³/mol. The van der Waals surface area contributed by atoms with Crippen LogP contribution in [0.5, 0.6) is 0 Å². The fourth-order valence-corrected chi connectivity index (χ4v) is 3.16. The second-order valence-electron chi connectivity index (χ2n) is 5.82. The van der Waals surface area contributed by atoms with Crippen molar-refractivity contribution in [2.45, 2.75) is 0 Å². The van der Waals surface area contributed by atoms with Crippen molar-refractivity contribution in [1.29, 1.82) is 0 Å². The third-order valence-corrected chi connectivity index (χ3v) is 4.38. The van der Waals surface area contributed by atoms with Crippen molar-refractivity contribution in [2.75, 3.05) is 0 Å². The maximum absolute atomic E-state index is 4.21. The number of rotatable bonds is 2. The molecule has 3 aromatic heterocycles. The van der Waals surface area contributed by atoms with E-state index < -0.39 is 0 Å². The number of benzene rings is 2. The van der Waals surface area contributed by atoms with E-state index in [1.165, 1.54) is 10.8 Å². The predicted octanol–water partition coefficient (Wildman–Crippen LogP) is 4.57. The van der Waals surface area contributed by atoms with Gasteiger partial charge in [0.05, 0.1) is 11.2 Å². The summed E-state index contributed by atoms with van der Waals surface area (Å²) >= 11 is 0. The monoisotopic (exact) mass is 310 g/mol. The molecule has 0 aliphatic carbocycles. The number of aromatic nitrogens is 4. The minimum Gasteiger partial charge on any atom is -0.361 e. The van der Waals surface area contributed by atoms with Crippen molar-refractivity contribution in [3.05, 3.63) is 79.3 Å². The molecular formula is C20H14N4. The van der Waals surface area contributed by atoms with Crippen LogP contribution < -0.4 is 0 Å². The maximum atomic E-state index is 4.21. The molecule has 0 fully saturated rings. The topological polar surface area (TPSA) is 46.5 Å². The highest BCUT2D eigenvalue weighted by molar-refractivity contribution is 5.88. The van der Waals surface area contributed by atoms with Gasteiger partial charge in [-0.15, -0.1) is 0 Å². The molecule has 5 aromatic rings. The van der Waals surface area contributed by atoms with E-state index in [4.69, 9.17) is 0 Å². The molecule has 5 rings (SSSR count). The van der Waals surface area contributed by atoms with Gasteiger partial charge in [-0.2, -0.15) is 10.2 Å². The number of aromatic amines is 1. The van der Waals surface area contributed by atoms with E-state index in [0.29, 0.717) is 0 Å². The molecule has 1 N–H and O–H groups in total. The smallest absolute Gasteiger partial charge is 0.0930 e. The lowest BCUT2D eigenvalue weighted by Gasteiger charge is -2.07. The molecule has 0 bridgehead atoms. The van der Waals surface area contributed by atoms with Crippen LogP contribution in [0.3, 0.4) is 0 Å². The van der Waals surface area contributed by atoms with Crippen LogP contribution in [0.1, 0.15) is 0 Å². The Morgan fingerprint density at radius 1 is 0.875 bits per heavy atom. The van der Waals surface area contributed by atoms with E-state index >= 15 is 0 Å². The number of H-pyrrole nitrogens is 1. The van der Waals surface area contributed by atoms with Gasteiger partial charge in [-0.25, -0.2) is 0 Å². The number of hydrogen-bond acceptors (Lipinski definition) is 2. The minimum atomic E-state index is 0.883. The third-order valence-electron chi connectivity index (χ3n) is 4.38. The normalized spacial score (nSPS) is 11.3. The Morgan fingerprint density at radius 3 is 2.79 bits per heavy atom. The van der Waals surface area contributed by atoms with Crippen LogP contribution >= 0.6 is 0 Å². The third kappa shape index (κ3) is 2.01. The van der Waals surface area contributed by atoms with Crippen molar-refractivity contribution in [1.82, 2.24) is 19.7 Å². The van der Waals surface area contributed by atoms with Crippen LogP contribution in [0.4, 0.5) is 0 Å². The van der Waals surface area contributed by atoms with Crippen LogP contribution in [0.2, 0.25) is 0 Å². The summed E-state index contributed by atoms with van der Waals surface area (Å²) in [5.41, 5.74) is 5.41. The Balaban J connectivity index is 1.71. The van der Waals surface area contributed by atoms with E-state index in [1.54, 1.807) is 6.20 Å². The van der Waals surface area contributed by atoms with Gasteiger partial charge in [-0.05, 0) is 53.9 Å². The van der Waals surface area contributed by atoms with Crippen LogP contribution in [0.15, 0.2) is 79.3 Å². The first kappa shape index (κ1) is 13.1. The van der Waals surface area contributed by atoms with Gasteiger partial charge in [0.1, 0.15) is 0 Å². The minimum absolute atomic E-state index is 0.883. The summed E-state index contributed by atoms with van der Waals surface area (Å²) in [7, 11) is 0. The van der Waals surface area contributed by atoms with Crippen molar-refractivity contribution in [3.63, 3.8) is 0 Å². The fraction of sp³-hybridized carbons (Fsp3) is 0. The van der Waals surface area contributed by atoms with E-state index in [1.807, 2.05) is 18.3 Å². The lowest BCUT2D eigenvalue weighted by Crippen LogP contribution is -1.92. The zero-order valence-electron chi connectivity index (χ0n) is 12.8. The first-order valence-corrected chi connectivity index (χ1v) is 7.85. The summed E-state index contributed by atoms with van der Waals surface area (Å²) in [4.78, 5) is 3.24. The van der Waals surface area contributed by atoms with Gasteiger partial charge in [0.25, 0.3) is 0 Å². The summed E-state index contributed by atoms with van der Waals surface area (Å²) in [6.45, 7) is 0. The molecule has 4 heteroatoms. The Morgan fingerprint density at radius 2 is 1.88 bits per heavy atom. The summed E-state index contributed by atoms with van der Waals surface area (Å²) in [6.07, 6.45) is 5.77. The quantitative estimate of drug-likeness (QED) is 0.519. The van der Waals surface area contributed by atoms with Crippen molar-refractivity contribution in [2.24, 2.45) is 0 Å². The SMILES string of the molecule is c1cnnc(-c2ccc3ccn(-c4ccc5[nH]ccc5c4)c3c2)c1. The number of hydrogen-bond donors (Lipinski definition) is 1. The average Bonchev–Trinajstić information content (AvgIpc) is 3.27. The van der Waals surface area contributed by atoms with Crippen molar-refractivity contribution in [3.8, 4) is 16.9 Å². The molecule has 4 nitrogen and oxygen atoms in total. The zero-order chi connectivity index (χ0) is 15.9. The molecule has 0 aliphatic heterocycles. The van der Waals surface area contributed by atoms with Gasteiger partial charge < -0.3 is 9.55 Å².